The second kappa shape index (κ2) is 8.67. The van der Waals surface area contributed by atoms with Gasteiger partial charge in [-0.2, -0.15) is 0 Å². The Labute approximate surface area is 147 Å². The largest absolute Gasteiger partial charge is 0.456 e. The van der Waals surface area contributed by atoms with E-state index in [9.17, 15) is 9.59 Å². The van der Waals surface area contributed by atoms with Crippen LogP contribution in [0.3, 0.4) is 0 Å². The quantitative estimate of drug-likeness (QED) is 0.634. The van der Waals surface area contributed by atoms with Crippen molar-refractivity contribution < 1.29 is 19.1 Å². The van der Waals surface area contributed by atoms with Crippen molar-refractivity contribution in [2.24, 2.45) is 5.92 Å². The summed E-state index contributed by atoms with van der Waals surface area (Å²) >= 11 is 0. The van der Waals surface area contributed by atoms with E-state index in [-0.39, 0.29) is 24.4 Å². The van der Waals surface area contributed by atoms with Crippen molar-refractivity contribution in [3.63, 3.8) is 0 Å². The summed E-state index contributed by atoms with van der Waals surface area (Å²) in [5.41, 5.74) is 1.80. The van der Waals surface area contributed by atoms with Crippen LogP contribution in [0.4, 0.5) is 11.4 Å². The van der Waals surface area contributed by atoms with Gasteiger partial charge in [0.25, 0.3) is 5.91 Å². The van der Waals surface area contributed by atoms with Gasteiger partial charge in [0, 0.05) is 24.5 Å². The minimum atomic E-state index is -0.325. The molecule has 2 aliphatic rings. The summed E-state index contributed by atoms with van der Waals surface area (Å²) in [6, 6.07) is 7.65. The lowest BCUT2D eigenvalue weighted by Crippen LogP contribution is -2.36. The van der Waals surface area contributed by atoms with E-state index < -0.39 is 0 Å². The zero-order valence-corrected chi connectivity index (χ0v) is 14.3. The number of carbonyl (C=O) groups is 2. The monoisotopic (exact) mass is 344 g/mol. The minimum Gasteiger partial charge on any atom is -0.456 e. The van der Waals surface area contributed by atoms with E-state index >= 15 is 0 Å². The fourth-order valence-corrected chi connectivity index (χ4v) is 3.06. The molecule has 1 amide bonds. The summed E-state index contributed by atoms with van der Waals surface area (Å²) < 4.78 is 10.4. The van der Waals surface area contributed by atoms with E-state index in [4.69, 9.17) is 9.47 Å². The molecule has 1 aliphatic carbocycles. The highest BCUT2D eigenvalue weighted by Gasteiger charge is 2.16. The Morgan fingerprint density at radius 2 is 1.96 bits per heavy atom. The van der Waals surface area contributed by atoms with Crippen molar-refractivity contribution in [2.45, 2.75) is 19.3 Å². The standard InChI is InChI=1S/C19H24N2O4/c22-18(14-25-19(23)13-15-3-1-2-4-15)20-16-5-7-17(8-6-16)21-9-11-24-12-10-21/h1,3,5-8,15H,2,4,9-14H2,(H,20,22)/t15-/m1/s1. The molecule has 1 N–H and O–H groups in total. The molecule has 6 nitrogen and oxygen atoms in total. The van der Waals surface area contributed by atoms with Gasteiger partial charge in [-0.05, 0) is 43.0 Å². The van der Waals surface area contributed by atoms with Gasteiger partial charge in [0.15, 0.2) is 6.61 Å². The topological polar surface area (TPSA) is 67.9 Å². The van der Waals surface area contributed by atoms with Crippen LogP contribution in [0.15, 0.2) is 36.4 Å². The molecule has 1 heterocycles. The molecule has 134 valence electrons. The number of anilines is 2. The smallest absolute Gasteiger partial charge is 0.306 e. The van der Waals surface area contributed by atoms with Crippen LogP contribution in [0.5, 0.6) is 0 Å². The van der Waals surface area contributed by atoms with Gasteiger partial charge in [-0.1, -0.05) is 12.2 Å². The van der Waals surface area contributed by atoms with Gasteiger partial charge in [0.05, 0.1) is 19.6 Å². The summed E-state index contributed by atoms with van der Waals surface area (Å²) in [5.74, 6) is -0.396. The molecule has 0 radical (unpaired) electrons. The Hall–Kier alpha value is -2.34. The Kier molecular flexibility index (Phi) is 6.06. The fourth-order valence-electron chi connectivity index (χ4n) is 3.06. The third-order valence-corrected chi connectivity index (χ3v) is 4.43. The van der Waals surface area contributed by atoms with Gasteiger partial charge >= 0.3 is 5.97 Å². The highest BCUT2D eigenvalue weighted by atomic mass is 16.5. The Morgan fingerprint density at radius 1 is 1.20 bits per heavy atom. The number of nitrogens with zero attached hydrogens (tertiary/aromatic N) is 1. The number of ether oxygens (including phenoxy) is 2. The van der Waals surface area contributed by atoms with Crippen molar-refractivity contribution >= 4 is 23.3 Å². The molecule has 1 aliphatic heterocycles. The van der Waals surface area contributed by atoms with Crippen molar-refractivity contribution in [1.82, 2.24) is 0 Å². The first-order valence-corrected chi connectivity index (χ1v) is 8.75. The molecule has 1 atom stereocenters. The maximum atomic E-state index is 11.9. The first-order valence-electron chi connectivity index (χ1n) is 8.75. The van der Waals surface area contributed by atoms with Crippen LogP contribution in [0.2, 0.25) is 0 Å². The van der Waals surface area contributed by atoms with Crippen molar-refractivity contribution in [3.05, 3.63) is 36.4 Å². The molecular weight excluding hydrogens is 320 g/mol. The van der Waals surface area contributed by atoms with Crippen LogP contribution in [0.25, 0.3) is 0 Å². The summed E-state index contributed by atoms with van der Waals surface area (Å²) in [6.45, 7) is 2.97. The lowest BCUT2D eigenvalue weighted by atomic mass is 10.1. The molecule has 1 aromatic rings. The van der Waals surface area contributed by atoms with Gasteiger partial charge in [-0.25, -0.2) is 0 Å². The SMILES string of the molecule is O=C(COC(=O)C[C@@H]1C=CCC1)Nc1ccc(N2CCOCC2)cc1. The second-order valence-electron chi connectivity index (χ2n) is 6.32. The summed E-state index contributed by atoms with van der Waals surface area (Å²) in [6.07, 6.45) is 6.45. The summed E-state index contributed by atoms with van der Waals surface area (Å²) in [5, 5.41) is 2.75. The molecule has 0 aromatic heterocycles. The molecule has 3 rings (SSSR count). The van der Waals surface area contributed by atoms with E-state index in [0.29, 0.717) is 12.1 Å². The highest BCUT2D eigenvalue weighted by molar-refractivity contribution is 5.93. The van der Waals surface area contributed by atoms with Crippen LogP contribution in [0, 0.1) is 5.92 Å². The molecule has 6 heteroatoms. The third kappa shape index (κ3) is 5.32. The van der Waals surface area contributed by atoms with E-state index in [1.807, 2.05) is 30.3 Å². The molecule has 25 heavy (non-hydrogen) atoms. The van der Waals surface area contributed by atoms with Crippen LogP contribution < -0.4 is 10.2 Å². The minimum absolute atomic E-state index is 0.250. The van der Waals surface area contributed by atoms with Crippen LogP contribution >= 0.6 is 0 Å². The van der Waals surface area contributed by atoms with Crippen molar-refractivity contribution in [1.29, 1.82) is 0 Å². The van der Waals surface area contributed by atoms with E-state index in [2.05, 4.69) is 16.3 Å². The zero-order chi connectivity index (χ0) is 17.5. The first kappa shape index (κ1) is 17.5. The van der Waals surface area contributed by atoms with E-state index in [1.54, 1.807) is 0 Å². The molecule has 1 fully saturated rings. The molecule has 1 aromatic carbocycles. The Bertz CT molecular complexity index is 621. The number of esters is 1. The number of rotatable bonds is 6. The molecule has 1 saturated heterocycles. The maximum absolute atomic E-state index is 11.9. The van der Waals surface area contributed by atoms with Crippen molar-refractivity contribution in [3.8, 4) is 0 Å². The number of hydrogen-bond acceptors (Lipinski definition) is 5. The Balaban J connectivity index is 1.41. The first-order chi connectivity index (χ1) is 12.2. The zero-order valence-electron chi connectivity index (χ0n) is 14.3. The highest BCUT2D eigenvalue weighted by Crippen LogP contribution is 2.21. The number of carbonyl (C=O) groups excluding carboxylic acids is 2. The summed E-state index contributed by atoms with van der Waals surface area (Å²) in [4.78, 5) is 25.9. The Morgan fingerprint density at radius 3 is 2.64 bits per heavy atom. The van der Waals surface area contributed by atoms with Gasteiger partial charge in [0.1, 0.15) is 0 Å². The number of hydrogen-bond donors (Lipinski definition) is 1. The number of morpholine rings is 1. The predicted molar refractivity (Wildman–Crippen MR) is 95.5 cm³/mol. The van der Waals surface area contributed by atoms with Gasteiger partial charge < -0.3 is 19.7 Å². The van der Waals surface area contributed by atoms with Crippen LogP contribution in [0.1, 0.15) is 19.3 Å². The number of benzene rings is 1. The van der Waals surface area contributed by atoms with Gasteiger partial charge in [-0.3, -0.25) is 9.59 Å². The predicted octanol–water partition coefficient (Wildman–Crippen LogP) is 2.36. The number of allylic oxidation sites excluding steroid dienone is 2. The third-order valence-electron chi connectivity index (χ3n) is 4.43. The van der Waals surface area contributed by atoms with Crippen LogP contribution in [-0.4, -0.2) is 44.8 Å². The molecule has 0 saturated carbocycles. The molecule has 0 spiro atoms. The normalized spacial score (nSPS) is 19.7. The lowest BCUT2D eigenvalue weighted by molar-refractivity contribution is -0.147. The van der Waals surface area contributed by atoms with Crippen molar-refractivity contribution in [2.75, 3.05) is 43.1 Å². The van der Waals surface area contributed by atoms with Gasteiger partial charge in [0.2, 0.25) is 0 Å². The second-order valence-corrected chi connectivity index (χ2v) is 6.32. The fraction of sp³-hybridized carbons (Fsp3) is 0.474. The summed E-state index contributed by atoms with van der Waals surface area (Å²) in [7, 11) is 0. The number of nitrogens with one attached hydrogen (secondary N) is 1. The van der Waals surface area contributed by atoms with Gasteiger partial charge in [-0.15, -0.1) is 0 Å². The molecule has 0 unspecified atom stereocenters. The maximum Gasteiger partial charge on any atom is 0.306 e. The molecular formula is C19H24N2O4. The van der Waals surface area contributed by atoms with E-state index in [0.717, 1.165) is 44.8 Å². The van der Waals surface area contributed by atoms with E-state index in [1.165, 1.54) is 0 Å². The average Bonchev–Trinajstić information content (AvgIpc) is 3.14. The lowest BCUT2D eigenvalue weighted by Gasteiger charge is -2.28. The van der Waals surface area contributed by atoms with Crippen LogP contribution in [-0.2, 0) is 19.1 Å². The average molecular weight is 344 g/mol. The molecule has 0 bridgehead atoms. The number of amides is 1.